The number of methoxy groups -OCH3 is 1. The molecule has 0 spiro atoms. The molecule has 0 saturated carbocycles. The van der Waals surface area contributed by atoms with Gasteiger partial charge in [-0.25, -0.2) is 4.99 Å². The van der Waals surface area contributed by atoms with Crippen molar-refractivity contribution >= 4 is 5.96 Å². The highest BCUT2D eigenvalue weighted by atomic mass is 16.5. The van der Waals surface area contributed by atoms with E-state index in [0.717, 1.165) is 36.5 Å². The van der Waals surface area contributed by atoms with Crippen molar-refractivity contribution < 1.29 is 4.74 Å². The van der Waals surface area contributed by atoms with Gasteiger partial charge in [0.2, 0.25) is 0 Å². The van der Waals surface area contributed by atoms with Crippen molar-refractivity contribution in [2.75, 3.05) is 20.3 Å². The van der Waals surface area contributed by atoms with Gasteiger partial charge in [0.15, 0.2) is 5.96 Å². The van der Waals surface area contributed by atoms with Gasteiger partial charge >= 0.3 is 0 Å². The minimum Gasteiger partial charge on any atom is -0.383 e. The number of nitrogens with one attached hydrogen (secondary N) is 1. The zero-order valence-electron chi connectivity index (χ0n) is 14.5. The molecule has 126 valence electrons. The van der Waals surface area contributed by atoms with E-state index in [2.05, 4.69) is 29.3 Å². The first kappa shape index (κ1) is 18.5. The fraction of sp³-hybridized carbons (Fsp3) is 0.750. The molecule has 0 aliphatic heterocycles. The van der Waals surface area contributed by atoms with Crippen LogP contribution in [0.15, 0.2) is 4.99 Å². The zero-order valence-corrected chi connectivity index (χ0v) is 14.5. The van der Waals surface area contributed by atoms with E-state index in [1.54, 1.807) is 7.11 Å². The lowest BCUT2D eigenvalue weighted by Gasteiger charge is -2.06. The van der Waals surface area contributed by atoms with Crippen LogP contribution in [-0.4, -0.2) is 36.0 Å². The molecule has 1 heterocycles. The summed E-state index contributed by atoms with van der Waals surface area (Å²) in [6.07, 6.45) is 4.89. The van der Waals surface area contributed by atoms with Crippen LogP contribution in [0.1, 0.15) is 49.6 Å². The average Bonchev–Trinajstić information content (AvgIpc) is 2.77. The Balaban J connectivity index is 2.48. The molecule has 6 nitrogen and oxygen atoms in total. The fourth-order valence-corrected chi connectivity index (χ4v) is 2.35. The van der Waals surface area contributed by atoms with Crippen molar-refractivity contribution in [3.05, 3.63) is 17.0 Å². The maximum Gasteiger partial charge on any atom is 0.188 e. The van der Waals surface area contributed by atoms with E-state index in [1.807, 2.05) is 11.6 Å². The number of unbranched alkanes of at least 4 members (excludes halogenated alkanes) is 3. The fourth-order valence-electron chi connectivity index (χ4n) is 2.35. The first-order valence-corrected chi connectivity index (χ1v) is 8.15. The summed E-state index contributed by atoms with van der Waals surface area (Å²) in [7, 11) is 1.70. The summed E-state index contributed by atoms with van der Waals surface area (Å²) < 4.78 is 7.07. The number of hydrogen-bond donors (Lipinski definition) is 2. The molecule has 1 aromatic heterocycles. The topological polar surface area (TPSA) is 77.5 Å². The number of ether oxygens (including phenoxy) is 1. The van der Waals surface area contributed by atoms with Gasteiger partial charge in [-0.1, -0.05) is 26.2 Å². The van der Waals surface area contributed by atoms with Crippen LogP contribution in [0.3, 0.4) is 0 Å². The molecular formula is C16H31N5O. The third kappa shape index (κ3) is 6.05. The number of aliphatic imine (C=N–C) groups is 1. The normalized spacial score (nSPS) is 11.9. The molecule has 1 aromatic rings. The maximum absolute atomic E-state index is 5.92. The van der Waals surface area contributed by atoms with Gasteiger partial charge in [0.05, 0.1) is 25.4 Å². The molecule has 0 atom stereocenters. The Morgan fingerprint density at radius 3 is 2.77 bits per heavy atom. The lowest BCUT2D eigenvalue weighted by molar-refractivity contribution is 0.182. The average molecular weight is 309 g/mol. The monoisotopic (exact) mass is 309 g/mol. The number of nitrogens with two attached hydrogens (primary N) is 1. The van der Waals surface area contributed by atoms with Gasteiger partial charge in [-0.15, -0.1) is 0 Å². The van der Waals surface area contributed by atoms with Crippen LogP contribution >= 0.6 is 0 Å². The highest BCUT2D eigenvalue weighted by Gasteiger charge is 2.10. The van der Waals surface area contributed by atoms with Gasteiger partial charge < -0.3 is 15.8 Å². The van der Waals surface area contributed by atoms with Crippen molar-refractivity contribution in [3.8, 4) is 0 Å². The Morgan fingerprint density at radius 1 is 1.32 bits per heavy atom. The number of aromatic nitrogens is 2. The minimum atomic E-state index is 0.514. The minimum absolute atomic E-state index is 0.514. The highest BCUT2D eigenvalue weighted by molar-refractivity contribution is 5.77. The maximum atomic E-state index is 5.92. The molecule has 0 aliphatic carbocycles. The lowest BCUT2D eigenvalue weighted by Crippen LogP contribution is -2.32. The molecule has 22 heavy (non-hydrogen) atoms. The Labute approximate surface area is 134 Å². The van der Waals surface area contributed by atoms with Gasteiger partial charge in [-0.3, -0.25) is 4.68 Å². The third-order valence-electron chi connectivity index (χ3n) is 3.78. The quantitative estimate of drug-likeness (QED) is 0.394. The summed E-state index contributed by atoms with van der Waals surface area (Å²) in [5.41, 5.74) is 9.20. The Bertz CT molecular complexity index is 467. The van der Waals surface area contributed by atoms with Crippen LogP contribution in [0.2, 0.25) is 0 Å². The lowest BCUT2D eigenvalue weighted by atomic mass is 10.2. The molecule has 3 N–H and O–H groups in total. The van der Waals surface area contributed by atoms with Gasteiger partial charge in [0.25, 0.3) is 0 Å². The summed E-state index contributed by atoms with van der Waals surface area (Å²) in [6.45, 7) is 9.16. The molecule has 0 aliphatic rings. The SMILES string of the molecule is CCCCCCNC(N)=NCc1c(C)nn(CCOC)c1C. The highest BCUT2D eigenvalue weighted by Crippen LogP contribution is 2.14. The Morgan fingerprint density at radius 2 is 2.09 bits per heavy atom. The smallest absolute Gasteiger partial charge is 0.188 e. The summed E-state index contributed by atoms with van der Waals surface area (Å²) in [5.74, 6) is 0.514. The molecule has 0 unspecified atom stereocenters. The molecule has 0 saturated heterocycles. The van der Waals surface area contributed by atoms with E-state index in [-0.39, 0.29) is 0 Å². The van der Waals surface area contributed by atoms with Crippen LogP contribution in [0.5, 0.6) is 0 Å². The largest absolute Gasteiger partial charge is 0.383 e. The molecule has 0 bridgehead atoms. The molecule has 0 aromatic carbocycles. The first-order chi connectivity index (χ1) is 10.6. The molecule has 6 heteroatoms. The van der Waals surface area contributed by atoms with Crippen LogP contribution in [0.25, 0.3) is 0 Å². The summed E-state index contributed by atoms with van der Waals surface area (Å²) >= 11 is 0. The number of guanidine groups is 1. The Hall–Kier alpha value is -1.56. The van der Waals surface area contributed by atoms with Crippen LogP contribution in [0, 0.1) is 13.8 Å². The standard InChI is InChI=1S/C16H31N5O/c1-5-6-7-8-9-18-16(17)19-12-15-13(2)20-21(14(15)3)10-11-22-4/h5-12H2,1-4H3,(H3,17,18,19). The van der Waals surface area contributed by atoms with E-state index in [9.17, 15) is 0 Å². The van der Waals surface area contributed by atoms with E-state index >= 15 is 0 Å². The third-order valence-corrected chi connectivity index (χ3v) is 3.78. The number of hydrogen-bond acceptors (Lipinski definition) is 3. The number of aryl methyl sites for hydroxylation is 1. The van der Waals surface area contributed by atoms with E-state index in [1.165, 1.54) is 19.3 Å². The van der Waals surface area contributed by atoms with Crippen molar-refractivity contribution in [3.63, 3.8) is 0 Å². The van der Waals surface area contributed by atoms with E-state index < -0.39 is 0 Å². The van der Waals surface area contributed by atoms with Crippen molar-refractivity contribution in [2.24, 2.45) is 10.7 Å². The van der Waals surface area contributed by atoms with Gasteiger partial charge in [0.1, 0.15) is 0 Å². The van der Waals surface area contributed by atoms with Crippen LogP contribution in [0.4, 0.5) is 0 Å². The van der Waals surface area contributed by atoms with Crippen LogP contribution in [-0.2, 0) is 17.8 Å². The molecular weight excluding hydrogens is 278 g/mol. The molecule has 0 radical (unpaired) electrons. The van der Waals surface area contributed by atoms with Gasteiger partial charge in [0, 0.05) is 24.9 Å². The van der Waals surface area contributed by atoms with Crippen molar-refractivity contribution in [1.82, 2.24) is 15.1 Å². The molecule has 0 fully saturated rings. The first-order valence-electron chi connectivity index (χ1n) is 8.15. The van der Waals surface area contributed by atoms with Gasteiger partial charge in [-0.05, 0) is 20.3 Å². The summed E-state index contributed by atoms with van der Waals surface area (Å²) in [5, 5.41) is 7.70. The van der Waals surface area contributed by atoms with Gasteiger partial charge in [-0.2, -0.15) is 5.10 Å². The number of rotatable bonds is 10. The van der Waals surface area contributed by atoms with Crippen LogP contribution < -0.4 is 11.1 Å². The van der Waals surface area contributed by atoms with E-state index in [4.69, 9.17) is 10.5 Å². The van der Waals surface area contributed by atoms with Crippen molar-refractivity contribution in [1.29, 1.82) is 0 Å². The summed E-state index contributed by atoms with van der Waals surface area (Å²) in [4.78, 5) is 4.43. The number of nitrogens with zero attached hydrogens (tertiary/aromatic N) is 3. The second-order valence-corrected chi connectivity index (χ2v) is 5.55. The second kappa shape index (κ2) is 10.2. The zero-order chi connectivity index (χ0) is 16.4. The predicted molar refractivity (Wildman–Crippen MR) is 91.0 cm³/mol. The molecule has 0 amide bonds. The van der Waals surface area contributed by atoms with E-state index in [0.29, 0.717) is 19.1 Å². The predicted octanol–water partition coefficient (Wildman–Crippen LogP) is 2.13. The summed E-state index contributed by atoms with van der Waals surface area (Å²) in [6, 6.07) is 0. The second-order valence-electron chi connectivity index (χ2n) is 5.55. The Kier molecular flexibility index (Phi) is 8.58. The molecule has 1 rings (SSSR count). The van der Waals surface area contributed by atoms with Crippen molar-refractivity contribution in [2.45, 2.75) is 59.5 Å².